The first-order valence-electron chi connectivity index (χ1n) is 9.17. The zero-order chi connectivity index (χ0) is 20.1. The Bertz CT molecular complexity index is 988. The summed E-state index contributed by atoms with van der Waals surface area (Å²) in [5.74, 6) is -0.910. The smallest absolute Gasteiger partial charge is 0.231 e. The molecule has 0 radical (unpaired) electrons. The minimum absolute atomic E-state index is 0.0389. The summed E-state index contributed by atoms with van der Waals surface area (Å²) in [7, 11) is -3.33. The third kappa shape index (κ3) is 3.33. The summed E-state index contributed by atoms with van der Waals surface area (Å²) in [4.78, 5) is 6.42. The normalized spacial score (nSPS) is 22.6. The Kier molecular flexibility index (Phi) is 4.75. The summed E-state index contributed by atoms with van der Waals surface area (Å²) < 4.78 is 58.3. The zero-order valence-electron chi connectivity index (χ0n) is 15.7. The molecule has 2 saturated heterocycles. The Morgan fingerprint density at radius 1 is 1.25 bits per heavy atom. The summed E-state index contributed by atoms with van der Waals surface area (Å²) in [6.07, 6.45) is 0. The van der Waals surface area contributed by atoms with Crippen LogP contribution in [0, 0.1) is 24.0 Å². The fourth-order valence-corrected chi connectivity index (χ4v) is 5.48. The molecule has 4 rings (SSSR count). The first-order valence-corrected chi connectivity index (χ1v) is 10.8. The molecule has 152 valence electrons. The van der Waals surface area contributed by atoms with Crippen molar-refractivity contribution >= 4 is 10.0 Å². The molecule has 0 N–H and O–H groups in total. The Morgan fingerprint density at radius 3 is 2.61 bits per heavy atom. The maximum absolute atomic E-state index is 13.5. The van der Waals surface area contributed by atoms with Crippen molar-refractivity contribution in [2.75, 3.05) is 31.9 Å². The molecule has 2 fully saturated rings. The van der Waals surface area contributed by atoms with Gasteiger partial charge < -0.3 is 4.52 Å². The molecule has 0 saturated carbocycles. The first-order chi connectivity index (χ1) is 13.2. The second-order valence-corrected chi connectivity index (χ2v) is 9.94. The quantitative estimate of drug-likeness (QED) is 0.747. The van der Waals surface area contributed by atoms with Crippen molar-refractivity contribution in [2.24, 2.45) is 5.41 Å². The van der Waals surface area contributed by atoms with Crippen molar-refractivity contribution in [3.8, 4) is 0 Å². The molecule has 0 aliphatic carbocycles. The van der Waals surface area contributed by atoms with Crippen molar-refractivity contribution < 1.29 is 21.7 Å². The number of benzene rings is 1. The molecule has 10 heteroatoms. The second kappa shape index (κ2) is 6.85. The number of hydrogen-bond donors (Lipinski definition) is 0. The SMILES string of the molecule is CCS(=O)(=O)N1CC(c2nc(C)no2)C2(CN(Cc3ccc(F)c(F)c3)C2)C1. The van der Waals surface area contributed by atoms with Crippen molar-refractivity contribution in [3.63, 3.8) is 0 Å². The van der Waals surface area contributed by atoms with E-state index in [1.54, 1.807) is 19.9 Å². The molecule has 2 aliphatic heterocycles. The number of likely N-dealkylation sites (tertiary alicyclic amines) is 1. The Balaban J connectivity index is 1.53. The van der Waals surface area contributed by atoms with Gasteiger partial charge in [-0.25, -0.2) is 21.5 Å². The van der Waals surface area contributed by atoms with E-state index >= 15 is 0 Å². The van der Waals surface area contributed by atoms with E-state index in [4.69, 9.17) is 4.52 Å². The van der Waals surface area contributed by atoms with Crippen LogP contribution >= 0.6 is 0 Å². The zero-order valence-corrected chi connectivity index (χ0v) is 16.5. The Hall–Kier alpha value is -1.91. The van der Waals surface area contributed by atoms with Crippen LogP contribution in [-0.2, 0) is 16.6 Å². The number of sulfonamides is 1. The molecule has 7 nitrogen and oxygen atoms in total. The van der Waals surface area contributed by atoms with E-state index in [-0.39, 0.29) is 17.1 Å². The molecule has 2 aliphatic rings. The molecular formula is C18H22F2N4O3S. The highest BCUT2D eigenvalue weighted by Crippen LogP contribution is 2.49. The fourth-order valence-electron chi connectivity index (χ4n) is 4.29. The standard InChI is InChI=1S/C18H22F2N4O3S/c1-3-28(25,26)24-8-14(17-21-12(2)22-27-17)18(11-24)9-23(10-18)7-13-4-5-15(19)16(20)6-13/h4-6,14H,3,7-11H2,1-2H3. The molecule has 1 aromatic carbocycles. The third-order valence-electron chi connectivity index (χ3n) is 5.68. The van der Waals surface area contributed by atoms with Gasteiger partial charge in [0.1, 0.15) is 0 Å². The predicted molar refractivity (Wildman–Crippen MR) is 96.9 cm³/mol. The lowest BCUT2D eigenvalue weighted by atomic mass is 9.71. The number of aryl methyl sites for hydroxylation is 1. The lowest BCUT2D eigenvalue weighted by Gasteiger charge is -2.50. The minimum Gasteiger partial charge on any atom is -0.339 e. The van der Waals surface area contributed by atoms with Crippen LogP contribution in [-0.4, -0.2) is 59.7 Å². The van der Waals surface area contributed by atoms with Crippen LogP contribution in [0.4, 0.5) is 8.78 Å². The van der Waals surface area contributed by atoms with Gasteiger partial charge in [0.25, 0.3) is 0 Å². The topological polar surface area (TPSA) is 79.5 Å². The summed E-state index contributed by atoms with van der Waals surface area (Å²) in [5, 5.41) is 3.85. The molecule has 1 atom stereocenters. The van der Waals surface area contributed by atoms with Gasteiger partial charge >= 0.3 is 0 Å². The summed E-state index contributed by atoms with van der Waals surface area (Å²) in [6.45, 7) is 5.77. The number of halogens is 2. The van der Waals surface area contributed by atoms with Crippen molar-refractivity contribution in [3.05, 3.63) is 47.1 Å². The van der Waals surface area contributed by atoms with Crippen LogP contribution in [0.2, 0.25) is 0 Å². The average molecular weight is 412 g/mol. The van der Waals surface area contributed by atoms with Gasteiger partial charge in [0, 0.05) is 38.1 Å². The Morgan fingerprint density at radius 2 is 2.00 bits per heavy atom. The molecule has 1 spiro atoms. The van der Waals surface area contributed by atoms with E-state index in [0.29, 0.717) is 50.0 Å². The average Bonchev–Trinajstić information content (AvgIpc) is 3.22. The van der Waals surface area contributed by atoms with Gasteiger partial charge in [0.15, 0.2) is 17.5 Å². The lowest BCUT2D eigenvalue weighted by molar-refractivity contribution is -0.0117. The maximum atomic E-state index is 13.5. The monoisotopic (exact) mass is 412 g/mol. The van der Waals surface area contributed by atoms with E-state index in [9.17, 15) is 17.2 Å². The summed E-state index contributed by atoms with van der Waals surface area (Å²) >= 11 is 0. The molecule has 3 heterocycles. The number of hydrogen-bond acceptors (Lipinski definition) is 6. The van der Waals surface area contributed by atoms with Gasteiger partial charge in [-0.05, 0) is 31.5 Å². The highest BCUT2D eigenvalue weighted by Gasteiger charge is 2.58. The van der Waals surface area contributed by atoms with Crippen LogP contribution in [0.25, 0.3) is 0 Å². The lowest BCUT2D eigenvalue weighted by Crippen LogP contribution is -2.59. The van der Waals surface area contributed by atoms with E-state index < -0.39 is 21.7 Å². The minimum atomic E-state index is -3.33. The molecular weight excluding hydrogens is 390 g/mol. The van der Waals surface area contributed by atoms with E-state index in [1.807, 2.05) is 0 Å². The molecule has 28 heavy (non-hydrogen) atoms. The largest absolute Gasteiger partial charge is 0.339 e. The van der Waals surface area contributed by atoms with Crippen LogP contribution < -0.4 is 0 Å². The molecule has 0 bridgehead atoms. The number of nitrogens with zero attached hydrogens (tertiary/aromatic N) is 4. The van der Waals surface area contributed by atoms with Crippen molar-refractivity contribution in [1.82, 2.24) is 19.3 Å². The van der Waals surface area contributed by atoms with Crippen LogP contribution in [0.15, 0.2) is 22.7 Å². The molecule has 0 amide bonds. The van der Waals surface area contributed by atoms with Gasteiger partial charge in [-0.3, -0.25) is 4.90 Å². The summed E-state index contributed by atoms with van der Waals surface area (Å²) in [6, 6.07) is 3.88. The maximum Gasteiger partial charge on any atom is 0.231 e. The van der Waals surface area contributed by atoms with E-state index in [0.717, 1.165) is 6.07 Å². The number of aromatic nitrogens is 2. The van der Waals surface area contributed by atoms with Crippen molar-refractivity contribution in [2.45, 2.75) is 26.3 Å². The molecule has 1 unspecified atom stereocenters. The highest BCUT2D eigenvalue weighted by molar-refractivity contribution is 7.89. The van der Waals surface area contributed by atoms with E-state index in [2.05, 4.69) is 15.0 Å². The second-order valence-electron chi connectivity index (χ2n) is 7.68. The van der Waals surface area contributed by atoms with Crippen molar-refractivity contribution in [1.29, 1.82) is 0 Å². The predicted octanol–water partition coefficient (Wildman–Crippen LogP) is 1.91. The molecule has 2 aromatic rings. The fraction of sp³-hybridized carbons (Fsp3) is 0.556. The first kappa shape index (κ1) is 19.4. The van der Waals surface area contributed by atoms with Crippen LogP contribution in [0.3, 0.4) is 0 Å². The van der Waals surface area contributed by atoms with Crippen LogP contribution in [0.5, 0.6) is 0 Å². The molecule has 1 aromatic heterocycles. The third-order valence-corrected chi connectivity index (χ3v) is 7.48. The van der Waals surface area contributed by atoms with Gasteiger partial charge in [-0.2, -0.15) is 4.98 Å². The Labute approximate surface area is 162 Å². The highest BCUT2D eigenvalue weighted by atomic mass is 32.2. The van der Waals surface area contributed by atoms with E-state index in [1.165, 1.54) is 10.4 Å². The van der Waals surface area contributed by atoms with Gasteiger partial charge in [-0.1, -0.05) is 11.2 Å². The number of rotatable bonds is 5. The van der Waals surface area contributed by atoms with Crippen LogP contribution in [0.1, 0.15) is 30.1 Å². The summed E-state index contributed by atoms with van der Waals surface area (Å²) in [5.41, 5.74) is 0.356. The van der Waals surface area contributed by atoms with Gasteiger partial charge in [0.2, 0.25) is 15.9 Å². The van der Waals surface area contributed by atoms with Gasteiger partial charge in [-0.15, -0.1) is 0 Å². The van der Waals surface area contributed by atoms with Gasteiger partial charge in [0.05, 0.1) is 11.7 Å².